The molecule has 0 atom stereocenters. The molecule has 0 bridgehead atoms. The number of unbranched alkanes of at least 4 members (excludes halogenated alkanes) is 1. The first-order valence-electron chi connectivity index (χ1n) is 9.84. The lowest BCUT2D eigenvalue weighted by atomic mass is 9.90. The van der Waals surface area contributed by atoms with Gasteiger partial charge in [0.2, 0.25) is 0 Å². The van der Waals surface area contributed by atoms with Crippen LogP contribution in [0.15, 0.2) is 73.3 Å². The van der Waals surface area contributed by atoms with Crippen molar-refractivity contribution < 1.29 is 0 Å². The first-order chi connectivity index (χ1) is 13.6. The van der Waals surface area contributed by atoms with Gasteiger partial charge in [-0.3, -0.25) is 0 Å². The van der Waals surface area contributed by atoms with Crippen molar-refractivity contribution in [1.82, 2.24) is 0 Å². The molecular formula is C25H29N3. The van der Waals surface area contributed by atoms with Gasteiger partial charge in [0.05, 0.1) is 0 Å². The number of hydrogen-bond donors (Lipinski definition) is 3. The van der Waals surface area contributed by atoms with Crippen LogP contribution in [-0.2, 0) is 0 Å². The molecule has 144 valence electrons. The summed E-state index contributed by atoms with van der Waals surface area (Å²) >= 11 is 0. The molecule has 28 heavy (non-hydrogen) atoms. The number of hydrogen-bond acceptors (Lipinski definition) is 3. The predicted octanol–water partition coefficient (Wildman–Crippen LogP) is 6.25. The number of rotatable bonds is 8. The monoisotopic (exact) mass is 371 g/mol. The topological polar surface area (TPSA) is 50.1 Å². The van der Waals surface area contributed by atoms with Crippen molar-refractivity contribution in [3.05, 3.63) is 84.4 Å². The van der Waals surface area contributed by atoms with Gasteiger partial charge in [-0.25, -0.2) is 0 Å². The zero-order chi connectivity index (χ0) is 19.9. The summed E-state index contributed by atoms with van der Waals surface area (Å²) in [5.74, 6) is 0. The molecule has 0 heterocycles. The first-order valence-corrected chi connectivity index (χ1v) is 9.84. The van der Waals surface area contributed by atoms with Crippen LogP contribution in [0.1, 0.15) is 30.9 Å². The molecule has 0 aliphatic rings. The zero-order valence-electron chi connectivity index (χ0n) is 16.8. The fourth-order valence-corrected chi connectivity index (χ4v) is 3.32. The van der Waals surface area contributed by atoms with Gasteiger partial charge in [0.15, 0.2) is 0 Å². The number of nitrogens with two attached hydrogens (primary N) is 1. The molecule has 3 heteroatoms. The lowest BCUT2D eigenvalue weighted by molar-refractivity contribution is 0.834. The predicted molar refractivity (Wildman–Crippen MR) is 124 cm³/mol. The van der Waals surface area contributed by atoms with E-state index in [-0.39, 0.29) is 0 Å². The SMILES string of the molecule is C=C(c1ccccc1)c1cc(NC)ccc1-c1ccc(N)cc1NCCCC. The van der Waals surface area contributed by atoms with Crippen molar-refractivity contribution in [1.29, 1.82) is 0 Å². The smallest absolute Gasteiger partial charge is 0.0440 e. The second-order valence-electron chi connectivity index (χ2n) is 6.94. The molecule has 0 saturated carbocycles. The van der Waals surface area contributed by atoms with Gasteiger partial charge in [0, 0.05) is 36.2 Å². The molecule has 0 unspecified atom stereocenters. The van der Waals surface area contributed by atoms with E-state index < -0.39 is 0 Å². The Morgan fingerprint density at radius 2 is 1.71 bits per heavy atom. The zero-order valence-corrected chi connectivity index (χ0v) is 16.8. The number of nitrogen functional groups attached to an aromatic ring is 1. The fraction of sp³-hybridized carbons (Fsp3) is 0.200. The molecule has 0 radical (unpaired) electrons. The van der Waals surface area contributed by atoms with E-state index in [1.54, 1.807) is 0 Å². The van der Waals surface area contributed by atoms with Gasteiger partial charge in [0.1, 0.15) is 0 Å². The summed E-state index contributed by atoms with van der Waals surface area (Å²) in [6.07, 6.45) is 2.27. The highest BCUT2D eigenvalue weighted by molar-refractivity contribution is 5.93. The third-order valence-electron chi connectivity index (χ3n) is 4.94. The molecule has 0 amide bonds. The third kappa shape index (κ3) is 4.37. The molecular weight excluding hydrogens is 342 g/mol. The summed E-state index contributed by atoms with van der Waals surface area (Å²) < 4.78 is 0. The van der Waals surface area contributed by atoms with E-state index in [1.165, 1.54) is 0 Å². The normalized spacial score (nSPS) is 10.5. The average Bonchev–Trinajstić information content (AvgIpc) is 2.74. The Labute approximate surface area is 168 Å². The molecule has 4 N–H and O–H groups in total. The lowest BCUT2D eigenvalue weighted by Crippen LogP contribution is -2.04. The van der Waals surface area contributed by atoms with Crippen LogP contribution in [0, 0.1) is 0 Å². The highest BCUT2D eigenvalue weighted by atomic mass is 14.9. The third-order valence-corrected chi connectivity index (χ3v) is 4.94. The largest absolute Gasteiger partial charge is 0.399 e. The van der Waals surface area contributed by atoms with Gasteiger partial charge in [-0.15, -0.1) is 0 Å². The van der Waals surface area contributed by atoms with Crippen molar-refractivity contribution in [3.8, 4) is 11.1 Å². The first kappa shape index (κ1) is 19.6. The minimum atomic E-state index is 0.762. The number of anilines is 3. The van der Waals surface area contributed by atoms with Crippen LogP contribution in [0.4, 0.5) is 17.1 Å². The van der Waals surface area contributed by atoms with Gasteiger partial charge in [-0.1, -0.05) is 62.4 Å². The van der Waals surface area contributed by atoms with E-state index in [2.05, 4.69) is 60.5 Å². The molecule has 3 rings (SSSR count). The van der Waals surface area contributed by atoms with E-state index >= 15 is 0 Å². The van der Waals surface area contributed by atoms with Crippen LogP contribution < -0.4 is 16.4 Å². The summed E-state index contributed by atoms with van der Waals surface area (Å²) in [4.78, 5) is 0. The van der Waals surface area contributed by atoms with Crippen molar-refractivity contribution >= 4 is 22.6 Å². The Hall–Kier alpha value is -3.20. The highest BCUT2D eigenvalue weighted by Gasteiger charge is 2.14. The Morgan fingerprint density at radius 1 is 0.964 bits per heavy atom. The molecule has 0 fully saturated rings. The summed E-state index contributed by atoms with van der Waals surface area (Å²) in [5, 5.41) is 6.80. The summed E-state index contributed by atoms with van der Waals surface area (Å²) in [7, 11) is 1.94. The average molecular weight is 372 g/mol. The van der Waals surface area contributed by atoms with E-state index in [1.807, 2.05) is 37.4 Å². The summed E-state index contributed by atoms with van der Waals surface area (Å²) in [6.45, 7) is 7.53. The van der Waals surface area contributed by atoms with Crippen molar-refractivity contribution in [2.75, 3.05) is 30.0 Å². The van der Waals surface area contributed by atoms with Crippen molar-refractivity contribution in [2.24, 2.45) is 0 Å². The van der Waals surface area contributed by atoms with Crippen LogP contribution in [0.5, 0.6) is 0 Å². The van der Waals surface area contributed by atoms with Gasteiger partial charge >= 0.3 is 0 Å². The standard InChI is InChI=1S/C25H29N3/c1-4-5-15-28-25-16-20(26)11-13-23(25)22-14-12-21(27-3)17-24(22)18(2)19-9-7-6-8-10-19/h6-14,16-17,27-28H,2,4-5,15,26H2,1,3H3. The van der Waals surface area contributed by atoms with Gasteiger partial charge in [-0.05, 0) is 52.9 Å². The van der Waals surface area contributed by atoms with E-state index in [0.717, 1.165) is 64.3 Å². The van der Waals surface area contributed by atoms with E-state index in [0.29, 0.717) is 0 Å². The van der Waals surface area contributed by atoms with Gasteiger partial charge in [0.25, 0.3) is 0 Å². The Morgan fingerprint density at radius 3 is 2.43 bits per heavy atom. The summed E-state index contributed by atoms with van der Waals surface area (Å²) in [5.41, 5.74) is 14.5. The second kappa shape index (κ2) is 9.14. The van der Waals surface area contributed by atoms with Crippen LogP contribution in [0.25, 0.3) is 16.7 Å². The second-order valence-corrected chi connectivity index (χ2v) is 6.94. The lowest BCUT2D eigenvalue weighted by Gasteiger charge is -2.18. The molecule has 3 aromatic carbocycles. The molecule has 0 aromatic heterocycles. The van der Waals surface area contributed by atoms with E-state index in [9.17, 15) is 0 Å². The van der Waals surface area contributed by atoms with Crippen molar-refractivity contribution in [2.45, 2.75) is 19.8 Å². The minimum absolute atomic E-state index is 0.762. The Bertz CT molecular complexity index is 945. The quantitative estimate of drug-likeness (QED) is 0.324. The Balaban J connectivity index is 2.11. The molecule has 0 saturated heterocycles. The van der Waals surface area contributed by atoms with Crippen LogP contribution in [0.3, 0.4) is 0 Å². The van der Waals surface area contributed by atoms with Crippen molar-refractivity contribution in [3.63, 3.8) is 0 Å². The van der Waals surface area contributed by atoms with Crippen LogP contribution >= 0.6 is 0 Å². The maximum absolute atomic E-state index is 6.08. The number of benzene rings is 3. The molecule has 0 spiro atoms. The Kier molecular flexibility index (Phi) is 6.38. The van der Waals surface area contributed by atoms with Crippen LogP contribution in [-0.4, -0.2) is 13.6 Å². The number of nitrogens with one attached hydrogen (secondary N) is 2. The van der Waals surface area contributed by atoms with E-state index in [4.69, 9.17) is 5.73 Å². The van der Waals surface area contributed by atoms with Crippen LogP contribution in [0.2, 0.25) is 0 Å². The molecule has 0 aliphatic heterocycles. The molecule has 3 aromatic rings. The molecule has 0 aliphatic carbocycles. The van der Waals surface area contributed by atoms with Gasteiger partial charge in [-0.2, -0.15) is 0 Å². The minimum Gasteiger partial charge on any atom is -0.399 e. The van der Waals surface area contributed by atoms with Gasteiger partial charge < -0.3 is 16.4 Å². The summed E-state index contributed by atoms with van der Waals surface area (Å²) in [6, 6.07) is 22.8. The highest BCUT2D eigenvalue weighted by Crippen LogP contribution is 2.38. The maximum atomic E-state index is 6.08. The molecule has 3 nitrogen and oxygen atoms in total. The maximum Gasteiger partial charge on any atom is 0.0440 e. The fourth-order valence-electron chi connectivity index (χ4n) is 3.32.